The van der Waals surface area contributed by atoms with Gasteiger partial charge in [0.25, 0.3) is 0 Å². The van der Waals surface area contributed by atoms with Crippen LogP contribution in [-0.4, -0.2) is 64.8 Å². The molecule has 1 amide bonds. The fraction of sp³-hybridized carbons (Fsp3) is 0.333. The minimum absolute atomic E-state index is 0.196. The number of nitrogen functional groups attached to an aromatic ring is 1. The van der Waals surface area contributed by atoms with E-state index in [0.717, 1.165) is 0 Å². The first-order valence-corrected chi connectivity index (χ1v) is 8.87. The number of rotatable bonds is 5. The van der Waals surface area contributed by atoms with E-state index in [0.29, 0.717) is 55.8 Å². The molecule has 0 saturated carbocycles. The van der Waals surface area contributed by atoms with Crippen molar-refractivity contribution in [2.45, 2.75) is 6.92 Å². The van der Waals surface area contributed by atoms with Gasteiger partial charge in [0.1, 0.15) is 12.0 Å². The van der Waals surface area contributed by atoms with Crippen LogP contribution in [0.15, 0.2) is 30.6 Å². The lowest BCUT2D eigenvalue weighted by Crippen LogP contribution is -2.49. The van der Waals surface area contributed by atoms with Gasteiger partial charge >= 0.3 is 12.1 Å². The van der Waals surface area contributed by atoms with Crippen molar-refractivity contribution in [1.29, 1.82) is 0 Å². The third-order valence-electron chi connectivity index (χ3n) is 4.36. The van der Waals surface area contributed by atoms with Crippen molar-refractivity contribution in [3.05, 3.63) is 36.2 Å². The molecule has 0 bridgehead atoms. The maximum atomic E-state index is 11.8. The van der Waals surface area contributed by atoms with E-state index in [1.54, 1.807) is 24.0 Å². The number of nitrogens with two attached hydrogens (primary N) is 1. The highest BCUT2D eigenvalue weighted by atomic mass is 16.6. The van der Waals surface area contributed by atoms with Gasteiger partial charge in [-0.05, 0) is 31.2 Å². The summed E-state index contributed by atoms with van der Waals surface area (Å²) in [6, 6.07) is 6.28. The Labute approximate surface area is 161 Å². The molecule has 1 aliphatic rings. The summed E-state index contributed by atoms with van der Waals surface area (Å²) in [5, 5.41) is 12.1. The number of amides is 1. The van der Waals surface area contributed by atoms with E-state index in [-0.39, 0.29) is 11.7 Å². The summed E-state index contributed by atoms with van der Waals surface area (Å²) in [5.74, 6) is 0.0291. The number of piperazine rings is 1. The van der Waals surface area contributed by atoms with E-state index >= 15 is 0 Å². The van der Waals surface area contributed by atoms with Gasteiger partial charge in [0, 0.05) is 31.9 Å². The van der Waals surface area contributed by atoms with Crippen LogP contribution in [0.25, 0.3) is 0 Å². The molecule has 148 valence electrons. The summed E-state index contributed by atoms with van der Waals surface area (Å²) < 4.78 is 5.03. The second-order valence-electron chi connectivity index (χ2n) is 6.14. The maximum Gasteiger partial charge on any atom is 0.409 e. The van der Waals surface area contributed by atoms with Crippen LogP contribution >= 0.6 is 0 Å². The van der Waals surface area contributed by atoms with Gasteiger partial charge < -0.3 is 30.7 Å². The van der Waals surface area contributed by atoms with Gasteiger partial charge in [-0.25, -0.2) is 19.6 Å². The molecule has 0 aliphatic carbocycles. The highest BCUT2D eigenvalue weighted by Gasteiger charge is 2.24. The molecule has 28 heavy (non-hydrogen) atoms. The van der Waals surface area contributed by atoms with Crippen molar-refractivity contribution in [3.8, 4) is 0 Å². The van der Waals surface area contributed by atoms with Gasteiger partial charge in [0.15, 0.2) is 11.6 Å². The molecule has 0 radical (unpaired) electrons. The molecule has 1 saturated heterocycles. The summed E-state index contributed by atoms with van der Waals surface area (Å²) in [4.78, 5) is 34.9. The van der Waals surface area contributed by atoms with E-state index in [1.165, 1.54) is 18.5 Å². The smallest absolute Gasteiger partial charge is 0.409 e. The Hall–Kier alpha value is -3.56. The molecule has 4 N–H and O–H groups in total. The Bertz CT molecular complexity index is 850. The summed E-state index contributed by atoms with van der Waals surface area (Å²) in [6.07, 6.45) is 1.10. The van der Waals surface area contributed by atoms with E-state index < -0.39 is 5.97 Å². The van der Waals surface area contributed by atoms with Crippen LogP contribution in [-0.2, 0) is 4.74 Å². The van der Waals surface area contributed by atoms with Crippen LogP contribution in [0.5, 0.6) is 0 Å². The fourth-order valence-corrected chi connectivity index (χ4v) is 2.89. The first-order chi connectivity index (χ1) is 13.5. The van der Waals surface area contributed by atoms with Crippen molar-refractivity contribution in [1.82, 2.24) is 14.9 Å². The normalized spacial score (nSPS) is 13.9. The number of nitrogens with zero attached hydrogens (tertiary/aromatic N) is 4. The Morgan fingerprint density at radius 1 is 1.18 bits per heavy atom. The average molecular weight is 386 g/mol. The monoisotopic (exact) mass is 386 g/mol. The van der Waals surface area contributed by atoms with Crippen molar-refractivity contribution in [2.24, 2.45) is 0 Å². The van der Waals surface area contributed by atoms with Gasteiger partial charge in [-0.2, -0.15) is 0 Å². The number of nitrogens with one attached hydrogen (secondary N) is 1. The Balaban J connectivity index is 1.69. The number of hydrogen-bond acceptors (Lipinski definition) is 8. The predicted octanol–water partition coefficient (Wildman–Crippen LogP) is 1.78. The van der Waals surface area contributed by atoms with Crippen LogP contribution in [0.1, 0.15) is 17.3 Å². The minimum atomic E-state index is -0.989. The molecule has 1 aromatic carbocycles. The summed E-state index contributed by atoms with van der Waals surface area (Å²) >= 11 is 0. The molecule has 0 atom stereocenters. The highest BCUT2D eigenvalue weighted by molar-refractivity contribution is 5.88. The quantitative estimate of drug-likeness (QED) is 0.703. The molecule has 0 unspecified atom stereocenters. The number of carbonyl (C=O) groups excluding carboxylic acids is 1. The number of aromatic nitrogens is 2. The van der Waals surface area contributed by atoms with Gasteiger partial charge in [-0.1, -0.05) is 0 Å². The molecule has 0 spiro atoms. The SMILES string of the molecule is CCOC(=O)N1CCN(c2ncnc(Nc3ccc(C(=O)O)cc3)c2N)CC1. The zero-order valence-electron chi connectivity index (χ0n) is 15.5. The lowest BCUT2D eigenvalue weighted by atomic mass is 10.2. The number of carboxylic acids is 1. The number of carboxylic acid groups (broad SMARTS) is 1. The third kappa shape index (κ3) is 4.22. The van der Waals surface area contributed by atoms with E-state index in [2.05, 4.69) is 15.3 Å². The van der Waals surface area contributed by atoms with E-state index in [9.17, 15) is 9.59 Å². The molecule has 1 aliphatic heterocycles. The van der Waals surface area contributed by atoms with Crippen LogP contribution in [0.2, 0.25) is 0 Å². The lowest BCUT2D eigenvalue weighted by molar-refractivity contribution is 0.0696. The first-order valence-electron chi connectivity index (χ1n) is 8.87. The van der Waals surface area contributed by atoms with Crippen LogP contribution in [0.4, 0.5) is 27.8 Å². The predicted molar refractivity (Wildman–Crippen MR) is 104 cm³/mol. The second kappa shape index (κ2) is 8.42. The Kier molecular flexibility index (Phi) is 5.78. The Morgan fingerprint density at radius 3 is 2.46 bits per heavy atom. The maximum absolute atomic E-state index is 11.8. The molecule has 1 aromatic heterocycles. The second-order valence-corrected chi connectivity index (χ2v) is 6.14. The standard InChI is InChI=1S/C18H22N6O4/c1-2-28-18(27)24-9-7-23(8-10-24)16-14(19)15(20-11-21-16)22-13-5-3-12(4-6-13)17(25)26/h3-6,11H,2,7-10,19H2,1H3,(H,25,26)(H,20,21,22). The van der Waals surface area contributed by atoms with Gasteiger partial charge in [0.2, 0.25) is 0 Å². The summed E-state index contributed by atoms with van der Waals surface area (Å²) in [7, 11) is 0. The molecule has 2 heterocycles. The van der Waals surface area contributed by atoms with E-state index in [4.69, 9.17) is 15.6 Å². The lowest BCUT2D eigenvalue weighted by Gasteiger charge is -2.35. The topological polar surface area (TPSA) is 134 Å². The number of benzene rings is 1. The average Bonchev–Trinajstić information content (AvgIpc) is 2.70. The highest BCUT2D eigenvalue weighted by Crippen LogP contribution is 2.29. The molecular formula is C18H22N6O4. The molecule has 10 heteroatoms. The number of aromatic carboxylic acids is 1. The number of carbonyl (C=O) groups is 2. The molecule has 3 rings (SSSR count). The van der Waals surface area contributed by atoms with Gasteiger partial charge in [0.05, 0.1) is 12.2 Å². The van der Waals surface area contributed by atoms with Crippen molar-refractivity contribution >= 4 is 35.1 Å². The summed E-state index contributed by atoms with van der Waals surface area (Å²) in [5.41, 5.74) is 7.49. The van der Waals surface area contributed by atoms with Gasteiger partial charge in [-0.15, -0.1) is 0 Å². The molecular weight excluding hydrogens is 364 g/mol. The largest absolute Gasteiger partial charge is 0.478 e. The summed E-state index contributed by atoms with van der Waals surface area (Å²) in [6.45, 7) is 4.31. The number of hydrogen-bond donors (Lipinski definition) is 3. The van der Waals surface area contributed by atoms with E-state index in [1.807, 2.05) is 4.90 Å². The molecule has 2 aromatic rings. The molecule has 1 fully saturated rings. The van der Waals surface area contributed by atoms with Gasteiger partial charge in [-0.3, -0.25) is 0 Å². The third-order valence-corrected chi connectivity index (χ3v) is 4.36. The number of ether oxygens (including phenoxy) is 1. The van der Waals surface area contributed by atoms with Crippen LogP contribution in [0.3, 0.4) is 0 Å². The minimum Gasteiger partial charge on any atom is -0.478 e. The molecule has 10 nitrogen and oxygen atoms in total. The van der Waals surface area contributed by atoms with Crippen molar-refractivity contribution in [3.63, 3.8) is 0 Å². The zero-order valence-corrected chi connectivity index (χ0v) is 15.5. The fourth-order valence-electron chi connectivity index (χ4n) is 2.89. The first kappa shape index (κ1) is 19.2. The van der Waals surface area contributed by atoms with Crippen LogP contribution in [0, 0.1) is 0 Å². The Morgan fingerprint density at radius 2 is 1.86 bits per heavy atom. The van der Waals surface area contributed by atoms with Crippen LogP contribution < -0.4 is 16.0 Å². The van der Waals surface area contributed by atoms with Crippen molar-refractivity contribution in [2.75, 3.05) is 48.7 Å². The number of anilines is 4. The van der Waals surface area contributed by atoms with Crippen molar-refractivity contribution < 1.29 is 19.4 Å². The zero-order chi connectivity index (χ0) is 20.1.